The molecule has 0 bridgehead atoms. The molecule has 0 fully saturated rings. The molecule has 3 aromatic rings. The van der Waals surface area contributed by atoms with Gasteiger partial charge in [-0.25, -0.2) is 4.39 Å². The van der Waals surface area contributed by atoms with Crippen LogP contribution in [0.2, 0.25) is 5.02 Å². The Kier molecular flexibility index (Phi) is 3.39. The van der Waals surface area contributed by atoms with Crippen LogP contribution in [0, 0.1) is 5.82 Å². The van der Waals surface area contributed by atoms with E-state index in [1.165, 1.54) is 6.07 Å². The van der Waals surface area contributed by atoms with Crippen LogP contribution in [0.25, 0.3) is 10.9 Å². The highest BCUT2D eigenvalue weighted by Gasteiger charge is 2.29. The van der Waals surface area contributed by atoms with Gasteiger partial charge in [0.25, 0.3) is 0 Å². The molecule has 0 radical (unpaired) electrons. The summed E-state index contributed by atoms with van der Waals surface area (Å²) in [6.07, 6.45) is 0.765. The lowest BCUT2D eigenvalue weighted by Gasteiger charge is -2.29. The van der Waals surface area contributed by atoms with E-state index in [-0.39, 0.29) is 16.9 Å². The van der Waals surface area contributed by atoms with E-state index < -0.39 is 0 Å². The molecule has 5 heteroatoms. The van der Waals surface area contributed by atoms with Crippen molar-refractivity contribution in [2.45, 2.75) is 25.8 Å². The van der Waals surface area contributed by atoms with E-state index in [9.17, 15) is 4.39 Å². The van der Waals surface area contributed by atoms with Crippen LogP contribution in [0.1, 0.15) is 30.7 Å². The number of halogens is 2. The fourth-order valence-electron chi connectivity index (χ4n) is 3.14. The average molecular weight is 340 g/mol. The van der Waals surface area contributed by atoms with Crippen LogP contribution < -0.4 is 0 Å². The molecule has 0 amide bonds. The van der Waals surface area contributed by atoms with Crippen molar-refractivity contribution in [1.82, 2.24) is 10.2 Å². The molecule has 2 aromatic carbocycles. The summed E-state index contributed by atoms with van der Waals surface area (Å²) >= 11 is 6.40. The maximum absolute atomic E-state index is 13.8. The first-order valence-corrected chi connectivity index (χ1v) is 8.12. The minimum Gasteiger partial charge on any atom is -0.276 e. The van der Waals surface area contributed by atoms with Gasteiger partial charge < -0.3 is 0 Å². The Balaban J connectivity index is 1.95. The molecule has 3 nitrogen and oxygen atoms in total. The molecule has 0 aliphatic carbocycles. The predicted molar refractivity (Wildman–Crippen MR) is 94.4 cm³/mol. The van der Waals surface area contributed by atoms with Gasteiger partial charge in [0.2, 0.25) is 0 Å². The molecule has 1 aliphatic rings. The quantitative estimate of drug-likeness (QED) is 0.650. The van der Waals surface area contributed by atoms with Crippen LogP contribution in [-0.4, -0.2) is 21.4 Å². The molecule has 0 unspecified atom stereocenters. The number of hydrogen-bond acceptors (Lipinski definition) is 3. The molecule has 1 aromatic heterocycles. The topological polar surface area (TPSA) is 38.1 Å². The third-order valence-corrected chi connectivity index (χ3v) is 4.56. The van der Waals surface area contributed by atoms with Crippen LogP contribution >= 0.6 is 11.6 Å². The van der Waals surface area contributed by atoms with Crippen molar-refractivity contribution in [3.8, 4) is 0 Å². The second-order valence-electron chi connectivity index (χ2n) is 6.62. The second kappa shape index (κ2) is 5.35. The van der Waals surface area contributed by atoms with Gasteiger partial charge in [0.05, 0.1) is 11.3 Å². The molecule has 24 heavy (non-hydrogen) atoms. The maximum Gasteiger partial charge on any atom is 0.151 e. The van der Waals surface area contributed by atoms with Gasteiger partial charge in [-0.3, -0.25) is 4.99 Å². The Morgan fingerprint density at radius 2 is 1.88 bits per heavy atom. The second-order valence-corrected chi connectivity index (χ2v) is 7.03. The Labute approximate surface area is 144 Å². The van der Waals surface area contributed by atoms with Gasteiger partial charge in [-0.2, -0.15) is 0 Å². The number of aliphatic imine (C=N–C) groups is 1. The first kappa shape index (κ1) is 15.2. The molecular formula is C19H15ClFN3. The first-order chi connectivity index (χ1) is 11.4. The summed E-state index contributed by atoms with van der Waals surface area (Å²) in [5.74, 6) is -0.374. The molecule has 0 N–H and O–H groups in total. The Morgan fingerprint density at radius 3 is 2.71 bits per heavy atom. The van der Waals surface area contributed by atoms with Crippen molar-refractivity contribution < 1.29 is 4.39 Å². The summed E-state index contributed by atoms with van der Waals surface area (Å²) in [7, 11) is 0. The van der Waals surface area contributed by atoms with Crippen LogP contribution in [0.15, 0.2) is 47.5 Å². The maximum atomic E-state index is 13.8. The summed E-state index contributed by atoms with van der Waals surface area (Å²) in [5, 5.41) is 9.71. The van der Waals surface area contributed by atoms with E-state index in [2.05, 4.69) is 24.0 Å². The predicted octanol–water partition coefficient (Wildman–Crippen LogP) is 4.59. The summed E-state index contributed by atoms with van der Waals surface area (Å²) in [5.41, 5.74) is 3.39. The van der Waals surface area contributed by atoms with Gasteiger partial charge in [0.15, 0.2) is 5.82 Å². The molecule has 1 aliphatic heterocycles. The molecule has 2 heterocycles. The first-order valence-electron chi connectivity index (χ1n) is 7.74. The number of hydrogen-bond donors (Lipinski definition) is 0. The van der Waals surface area contributed by atoms with E-state index in [4.69, 9.17) is 16.6 Å². The van der Waals surface area contributed by atoms with E-state index in [1.54, 1.807) is 6.07 Å². The monoisotopic (exact) mass is 339 g/mol. The highest BCUT2D eigenvalue weighted by atomic mass is 35.5. The molecule has 120 valence electrons. The zero-order valence-electron chi connectivity index (χ0n) is 13.3. The van der Waals surface area contributed by atoms with Gasteiger partial charge in [-0.05, 0) is 44.0 Å². The number of fused-ring (bicyclic) bond motifs is 2. The Bertz CT molecular complexity index is 995. The van der Waals surface area contributed by atoms with E-state index in [1.807, 2.05) is 30.3 Å². The molecule has 0 saturated heterocycles. The van der Waals surface area contributed by atoms with E-state index >= 15 is 0 Å². The lowest BCUT2D eigenvalue weighted by Crippen LogP contribution is -2.30. The lowest BCUT2D eigenvalue weighted by molar-refractivity contribution is 0.513. The van der Waals surface area contributed by atoms with Crippen molar-refractivity contribution in [2.24, 2.45) is 4.99 Å². The third-order valence-electron chi connectivity index (χ3n) is 4.21. The molecular weight excluding hydrogens is 325 g/mol. The number of aromatic nitrogens is 2. The van der Waals surface area contributed by atoms with Gasteiger partial charge in [-0.1, -0.05) is 35.9 Å². The van der Waals surface area contributed by atoms with E-state index in [0.717, 1.165) is 28.3 Å². The largest absolute Gasteiger partial charge is 0.276 e. The van der Waals surface area contributed by atoms with Crippen molar-refractivity contribution in [2.75, 3.05) is 0 Å². The van der Waals surface area contributed by atoms with Crippen LogP contribution in [0.4, 0.5) is 4.39 Å². The van der Waals surface area contributed by atoms with Crippen LogP contribution in [0.3, 0.4) is 0 Å². The molecule has 0 atom stereocenters. The van der Waals surface area contributed by atoms with Crippen molar-refractivity contribution in [3.05, 3.63) is 70.1 Å². The van der Waals surface area contributed by atoms with Crippen LogP contribution in [-0.2, 0) is 6.42 Å². The fourth-order valence-corrected chi connectivity index (χ4v) is 3.38. The third kappa shape index (κ3) is 2.47. The average Bonchev–Trinajstić information content (AvgIpc) is 2.54. The highest BCUT2D eigenvalue weighted by molar-refractivity contribution is 6.32. The molecule has 0 saturated carbocycles. The fraction of sp³-hybridized carbons (Fsp3) is 0.211. The van der Waals surface area contributed by atoms with Crippen LogP contribution in [0.5, 0.6) is 0 Å². The number of nitrogens with zero attached hydrogens (tertiary/aromatic N) is 3. The summed E-state index contributed by atoms with van der Waals surface area (Å²) in [6, 6.07) is 12.5. The number of benzene rings is 2. The summed E-state index contributed by atoms with van der Waals surface area (Å²) in [4.78, 5) is 4.86. The number of rotatable bonds is 1. The van der Waals surface area contributed by atoms with Gasteiger partial charge in [-0.15, -0.1) is 10.2 Å². The van der Waals surface area contributed by atoms with Crippen molar-refractivity contribution >= 4 is 28.2 Å². The summed E-state index contributed by atoms with van der Waals surface area (Å²) < 4.78 is 13.8. The molecule has 0 spiro atoms. The van der Waals surface area contributed by atoms with E-state index in [0.29, 0.717) is 11.1 Å². The standard InChI is InChI=1S/C19H15ClFN3/c1-19(2)10-13-12(6-4-7-14(13)20)18(22-19)16-9-11-5-3-8-15(21)17(11)24-23-16/h3-9H,10H2,1-2H3. The lowest BCUT2D eigenvalue weighted by atomic mass is 9.86. The molecule has 4 rings (SSSR count). The van der Waals surface area contributed by atoms with Gasteiger partial charge in [0, 0.05) is 16.0 Å². The zero-order valence-corrected chi connectivity index (χ0v) is 14.1. The van der Waals surface area contributed by atoms with Gasteiger partial charge >= 0.3 is 0 Å². The minimum absolute atomic E-state index is 0.267. The SMILES string of the molecule is CC1(C)Cc2c(Cl)cccc2C(c2cc3cccc(F)c3nn2)=N1. The van der Waals surface area contributed by atoms with Gasteiger partial charge in [0.1, 0.15) is 11.2 Å². The Hall–Kier alpha value is -2.33. The minimum atomic E-state index is -0.374. The van der Waals surface area contributed by atoms with Crippen molar-refractivity contribution in [1.29, 1.82) is 0 Å². The Morgan fingerprint density at radius 1 is 1.08 bits per heavy atom. The normalized spacial score (nSPS) is 15.9. The smallest absolute Gasteiger partial charge is 0.151 e. The highest BCUT2D eigenvalue weighted by Crippen LogP contribution is 2.33. The summed E-state index contributed by atoms with van der Waals surface area (Å²) in [6.45, 7) is 4.13. The van der Waals surface area contributed by atoms with Crippen molar-refractivity contribution in [3.63, 3.8) is 0 Å². The zero-order chi connectivity index (χ0) is 16.9.